The highest BCUT2D eigenvalue weighted by atomic mass is 16.5. The summed E-state index contributed by atoms with van der Waals surface area (Å²) in [6, 6.07) is 8.54. The van der Waals surface area contributed by atoms with Gasteiger partial charge < -0.3 is 20.1 Å². The lowest BCUT2D eigenvalue weighted by Crippen LogP contribution is -2.46. The van der Waals surface area contributed by atoms with Gasteiger partial charge in [0.05, 0.1) is 31.5 Å². The number of hydrogen-bond acceptors (Lipinski definition) is 4. The molecule has 0 amide bonds. The van der Waals surface area contributed by atoms with Crippen molar-refractivity contribution in [2.45, 2.75) is 19.4 Å². The molecule has 1 aromatic carbocycles. The van der Waals surface area contributed by atoms with Gasteiger partial charge in [0.1, 0.15) is 5.75 Å². The van der Waals surface area contributed by atoms with Crippen LogP contribution in [0.5, 0.6) is 5.75 Å². The quantitative estimate of drug-likeness (QED) is 0.863. The SMILES string of the molecule is CCOc1ccccc1N1CCOCC1CCN. The van der Waals surface area contributed by atoms with Gasteiger partial charge in [-0.15, -0.1) is 0 Å². The summed E-state index contributed by atoms with van der Waals surface area (Å²) < 4.78 is 11.3. The first-order valence-electron chi connectivity index (χ1n) is 6.63. The molecule has 2 rings (SSSR count). The topological polar surface area (TPSA) is 47.7 Å². The second kappa shape index (κ2) is 6.61. The number of anilines is 1. The van der Waals surface area contributed by atoms with Crippen molar-refractivity contribution in [3.63, 3.8) is 0 Å². The summed E-state index contributed by atoms with van der Waals surface area (Å²) in [6.07, 6.45) is 0.945. The predicted octanol–water partition coefficient (Wildman–Crippen LogP) is 1.64. The third-order valence-electron chi connectivity index (χ3n) is 3.20. The van der Waals surface area contributed by atoms with Gasteiger partial charge in [0, 0.05) is 6.54 Å². The van der Waals surface area contributed by atoms with Crippen molar-refractivity contribution >= 4 is 5.69 Å². The van der Waals surface area contributed by atoms with E-state index in [0.717, 1.165) is 37.6 Å². The molecule has 1 heterocycles. The summed E-state index contributed by atoms with van der Waals surface area (Å²) in [7, 11) is 0. The van der Waals surface area contributed by atoms with Gasteiger partial charge in [0.25, 0.3) is 0 Å². The van der Waals surface area contributed by atoms with Crippen LogP contribution in [0.3, 0.4) is 0 Å². The molecular formula is C14H22N2O2. The maximum absolute atomic E-state index is 5.70. The van der Waals surface area contributed by atoms with Gasteiger partial charge in [0.2, 0.25) is 0 Å². The maximum atomic E-state index is 5.70. The highest BCUT2D eigenvalue weighted by Crippen LogP contribution is 2.31. The monoisotopic (exact) mass is 250 g/mol. The van der Waals surface area contributed by atoms with E-state index in [0.29, 0.717) is 19.2 Å². The molecule has 1 unspecified atom stereocenters. The highest BCUT2D eigenvalue weighted by molar-refractivity contribution is 5.59. The summed E-state index contributed by atoms with van der Waals surface area (Å²) in [4.78, 5) is 2.36. The number of morpholine rings is 1. The van der Waals surface area contributed by atoms with Crippen LogP contribution < -0.4 is 15.4 Å². The molecule has 0 spiro atoms. The lowest BCUT2D eigenvalue weighted by atomic mass is 10.1. The van der Waals surface area contributed by atoms with Gasteiger partial charge >= 0.3 is 0 Å². The summed E-state index contributed by atoms with van der Waals surface area (Å²) in [5.41, 5.74) is 6.84. The summed E-state index contributed by atoms with van der Waals surface area (Å²) in [5, 5.41) is 0. The van der Waals surface area contributed by atoms with E-state index in [1.807, 2.05) is 25.1 Å². The zero-order valence-corrected chi connectivity index (χ0v) is 11.0. The Bertz CT molecular complexity index is 369. The lowest BCUT2D eigenvalue weighted by molar-refractivity contribution is 0.0919. The van der Waals surface area contributed by atoms with Crippen LogP contribution in [0.1, 0.15) is 13.3 Å². The number of rotatable bonds is 5. The Balaban J connectivity index is 2.21. The molecule has 1 atom stereocenters. The molecule has 1 saturated heterocycles. The molecule has 4 nitrogen and oxygen atoms in total. The third-order valence-corrected chi connectivity index (χ3v) is 3.20. The fraction of sp³-hybridized carbons (Fsp3) is 0.571. The minimum atomic E-state index is 0.352. The van der Waals surface area contributed by atoms with E-state index < -0.39 is 0 Å². The summed E-state index contributed by atoms with van der Waals surface area (Å²) in [5.74, 6) is 0.948. The highest BCUT2D eigenvalue weighted by Gasteiger charge is 2.24. The van der Waals surface area contributed by atoms with Crippen molar-refractivity contribution < 1.29 is 9.47 Å². The average molecular weight is 250 g/mol. The number of ether oxygens (including phenoxy) is 2. The van der Waals surface area contributed by atoms with Crippen molar-refractivity contribution in [3.05, 3.63) is 24.3 Å². The first kappa shape index (κ1) is 13.2. The van der Waals surface area contributed by atoms with Gasteiger partial charge in [-0.05, 0) is 32.0 Å². The molecule has 2 N–H and O–H groups in total. The van der Waals surface area contributed by atoms with E-state index in [1.165, 1.54) is 0 Å². The second-order valence-electron chi connectivity index (χ2n) is 4.40. The van der Waals surface area contributed by atoms with Gasteiger partial charge in [-0.25, -0.2) is 0 Å². The Morgan fingerprint density at radius 3 is 3.06 bits per heavy atom. The maximum Gasteiger partial charge on any atom is 0.142 e. The van der Waals surface area contributed by atoms with Crippen molar-refractivity contribution in [1.82, 2.24) is 0 Å². The van der Waals surface area contributed by atoms with Gasteiger partial charge in [-0.1, -0.05) is 12.1 Å². The number of para-hydroxylation sites is 2. The van der Waals surface area contributed by atoms with Crippen LogP contribution in [0.15, 0.2) is 24.3 Å². The Morgan fingerprint density at radius 1 is 1.44 bits per heavy atom. The first-order chi connectivity index (χ1) is 8.86. The lowest BCUT2D eigenvalue weighted by Gasteiger charge is -2.38. The van der Waals surface area contributed by atoms with E-state index in [-0.39, 0.29) is 0 Å². The number of nitrogens with zero attached hydrogens (tertiary/aromatic N) is 1. The largest absolute Gasteiger partial charge is 0.492 e. The second-order valence-corrected chi connectivity index (χ2v) is 4.40. The molecule has 0 bridgehead atoms. The van der Waals surface area contributed by atoms with Crippen molar-refractivity contribution in [1.29, 1.82) is 0 Å². The normalized spacial score (nSPS) is 19.9. The van der Waals surface area contributed by atoms with Gasteiger partial charge in [-0.3, -0.25) is 0 Å². The van der Waals surface area contributed by atoms with Crippen LogP contribution >= 0.6 is 0 Å². The molecule has 100 valence electrons. The molecular weight excluding hydrogens is 228 g/mol. The first-order valence-corrected chi connectivity index (χ1v) is 6.63. The smallest absolute Gasteiger partial charge is 0.142 e. The van der Waals surface area contributed by atoms with Crippen LogP contribution in [0, 0.1) is 0 Å². The van der Waals surface area contributed by atoms with Crippen LogP contribution in [-0.4, -0.2) is 39.0 Å². The van der Waals surface area contributed by atoms with Crippen molar-refractivity contribution in [2.75, 3.05) is 37.8 Å². The minimum Gasteiger partial charge on any atom is -0.492 e. The number of hydrogen-bond donors (Lipinski definition) is 1. The van der Waals surface area contributed by atoms with Gasteiger partial charge in [-0.2, -0.15) is 0 Å². The van der Waals surface area contributed by atoms with Crippen LogP contribution in [0.4, 0.5) is 5.69 Å². The van der Waals surface area contributed by atoms with Crippen LogP contribution in [0.25, 0.3) is 0 Å². The Labute approximate surface area is 109 Å². The Morgan fingerprint density at radius 2 is 2.28 bits per heavy atom. The molecule has 1 aromatic rings. The average Bonchev–Trinajstić information content (AvgIpc) is 2.41. The molecule has 0 saturated carbocycles. The van der Waals surface area contributed by atoms with Crippen LogP contribution in [-0.2, 0) is 4.74 Å². The van der Waals surface area contributed by atoms with E-state index in [1.54, 1.807) is 0 Å². The van der Waals surface area contributed by atoms with Crippen molar-refractivity contribution in [3.8, 4) is 5.75 Å². The molecule has 1 aliphatic rings. The predicted molar refractivity (Wildman–Crippen MR) is 73.2 cm³/mol. The molecule has 18 heavy (non-hydrogen) atoms. The summed E-state index contributed by atoms with van der Waals surface area (Å²) >= 11 is 0. The fourth-order valence-corrected chi connectivity index (χ4v) is 2.38. The third kappa shape index (κ3) is 2.94. The van der Waals surface area contributed by atoms with E-state index in [4.69, 9.17) is 15.2 Å². The van der Waals surface area contributed by atoms with E-state index in [9.17, 15) is 0 Å². The summed E-state index contributed by atoms with van der Waals surface area (Å²) in [6.45, 7) is 5.78. The molecule has 1 fully saturated rings. The van der Waals surface area contributed by atoms with E-state index >= 15 is 0 Å². The molecule has 1 aliphatic heterocycles. The van der Waals surface area contributed by atoms with E-state index in [2.05, 4.69) is 11.0 Å². The molecule has 0 radical (unpaired) electrons. The minimum absolute atomic E-state index is 0.352. The van der Waals surface area contributed by atoms with Gasteiger partial charge in [0.15, 0.2) is 0 Å². The number of nitrogens with two attached hydrogens (primary N) is 1. The Hall–Kier alpha value is -1.26. The standard InChI is InChI=1S/C14H22N2O2/c1-2-18-14-6-4-3-5-13(14)16-9-10-17-11-12(16)7-8-15/h3-6,12H,2,7-11,15H2,1H3. The molecule has 0 aromatic heterocycles. The fourth-order valence-electron chi connectivity index (χ4n) is 2.38. The molecule has 0 aliphatic carbocycles. The van der Waals surface area contributed by atoms with Crippen LogP contribution in [0.2, 0.25) is 0 Å². The zero-order valence-electron chi connectivity index (χ0n) is 11.0. The number of benzene rings is 1. The molecule has 4 heteroatoms. The zero-order chi connectivity index (χ0) is 12.8. The Kier molecular flexibility index (Phi) is 4.84. The van der Waals surface area contributed by atoms with Crippen molar-refractivity contribution in [2.24, 2.45) is 5.73 Å².